The third-order valence-corrected chi connectivity index (χ3v) is 6.62. The molecule has 0 spiro atoms. The summed E-state index contributed by atoms with van der Waals surface area (Å²) in [7, 11) is 1.70. The lowest BCUT2D eigenvalue weighted by atomic mass is 10.1. The normalized spacial score (nSPS) is 16.8. The first-order chi connectivity index (χ1) is 17.4. The summed E-state index contributed by atoms with van der Waals surface area (Å²) >= 11 is 0. The number of likely N-dealkylation sites (N-methyl/N-ethyl adjacent to an activating group) is 1. The van der Waals surface area contributed by atoms with Gasteiger partial charge in [-0.25, -0.2) is 4.79 Å². The average Bonchev–Trinajstić information content (AvgIpc) is 3.37. The van der Waals surface area contributed by atoms with Crippen LogP contribution in [0.4, 0.5) is 4.79 Å². The largest absolute Gasteiger partial charge is 0.445 e. The van der Waals surface area contributed by atoms with Crippen molar-refractivity contribution >= 4 is 17.9 Å². The zero-order valence-electron chi connectivity index (χ0n) is 21.5. The van der Waals surface area contributed by atoms with Gasteiger partial charge >= 0.3 is 6.09 Å². The molecule has 2 N–H and O–H groups in total. The number of amides is 3. The molecule has 3 amide bonds. The van der Waals surface area contributed by atoms with Gasteiger partial charge in [0.25, 0.3) is 0 Å². The van der Waals surface area contributed by atoms with E-state index in [2.05, 4.69) is 10.6 Å². The Balaban J connectivity index is 1.66. The Hall–Kier alpha value is -3.39. The summed E-state index contributed by atoms with van der Waals surface area (Å²) in [4.78, 5) is 42.1. The molecule has 194 valence electrons. The molecule has 0 aliphatic carbocycles. The van der Waals surface area contributed by atoms with Gasteiger partial charge in [-0.15, -0.1) is 0 Å². The van der Waals surface area contributed by atoms with E-state index < -0.39 is 12.1 Å². The van der Waals surface area contributed by atoms with Crippen molar-refractivity contribution < 1.29 is 19.1 Å². The topological polar surface area (TPSA) is 91.0 Å². The molecule has 8 nitrogen and oxygen atoms in total. The maximum absolute atomic E-state index is 13.2. The third-order valence-electron chi connectivity index (χ3n) is 6.62. The summed E-state index contributed by atoms with van der Waals surface area (Å²) < 4.78 is 5.64. The molecule has 8 heteroatoms. The number of nitrogens with zero attached hydrogens (tertiary/aromatic N) is 2. The molecule has 1 aliphatic heterocycles. The van der Waals surface area contributed by atoms with Crippen LogP contribution in [0, 0.1) is 0 Å². The van der Waals surface area contributed by atoms with E-state index in [1.165, 1.54) is 0 Å². The van der Waals surface area contributed by atoms with Gasteiger partial charge in [-0.1, -0.05) is 60.7 Å². The molecule has 1 fully saturated rings. The smallest absolute Gasteiger partial charge is 0.410 e. The highest BCUT2D eigenvalue weighted by Crippen LogP contribution is 2.20. The summed E-state index contributed by atoms with van der Waals surface area (Å²) in [5, 5.41) is 5.67. The van der Waals surface area contributed by atoms with E-state index >= 15 is 0 Å². The van der Waals surface area contributed by atoms with Crippen molar-refractivity contribution in [2.45, 2.75) is 57.8 Å². The number of likely N-dealkylation sites (tertiary alicyclic amines) is 1. The van der Waals surface area contributed by atoms with Gasteiger partial charge in [0.15, 0.2) is 0 Å². The summed E-state index contributed by atoms with van der Waals surface area (Å²) in [6.45, 7) is 5.14. The van der Waals surface area contributed by atoms with Gasteiger partial charge in [-0.2, -0.15) is 0 Å². The Bertz CT molecular complexity index is 986. The highest BCUT2D eigenvalue weighted by molar-refractivity contribution is 5.89. The second kappa shape index (κ2) is 13.6. The molecule has 3 atom stereocenters. The molecular formula is C28H38N4O4. The van der Waals surface area contributed by atoms with Crippen LogP contribution in [0.3, 0.4) is 0 Å². The quantitative estimate of drug-likeness (QED) is 0.501. The first kappa shape index (κ1) is 27.2. The molecule has 0 bridgehead atoms. The van der Waals surface area contributed by atoms with Gasteiger partial charge in [0.2, 0.25) is 11.8 Å². The van der Waals surface area contributed by atoms with E-state index in [0.29, 0.717) is 26.1 Å². The fourth-order valence-electron chi connectivity index (χ4n) is 4.33. The van der Waals surface area contributed by atoms with Gasteiger partial charge in [-0.05, 0) is 51.3 Å². The second-order valence-electron chi connectivity index (χ2n) is 9.29. The van der Waals surface area contributed by atoms with Crippen molar-refractivity contribution in [2.75, 3.05) is 26.7 Å². The minimum absolute atomic E-state index is 0.126. The van der Waals surface area contributed by atoms with Crippen molar-refractivity contribution in [3.63, 3.8) is 0 Å². The zero-order valence-corrected chi connectivity index (χ0v) is 21.5. The molecule has 3 rings (SSSR count). The SMILES string of the molecule is CN[C@@H](C)C(=O)NC(C)C(=O)N1CCC[C@H]1CN(CCc1ccccc1)C(=O)OCc1ccccc1. The molecule has 36 heavy (non-hydrogen) atoms. The van der Waals surface area contributed by atoms with E-state index in [1.807, 2.05) is 60.7 Å². The fraction of sp³-hybridized carbons (Fsp3) is 0.464. The minimum Gasteiger partial charge on any atom is -0.445 e. The van der Waals surface area contributed by atoms with Gasteiger partial charge in [0.1, 0.15) is 12.6 Å². The highest BCUT2D eigenvalue weighted by Gasteiger charge is 2.34. The summed E-state index contributed by atoms with van der Waals surface area (Å²) in [5.41, 5.74) is 2.06. The molecular weight excluding hydrogens is 456 g/mol. The Morgan fingerprint density at radius 1 is 1.00 bits per heavy atom. The van der Waals surface area contributed by atoms with E-state index in [9.17, 15) is 14.4 Å². The summed E-state index contributed by atoms with van der Waals surface area (Å²) in [5.74, 6) is -0.349. The number of benzene rings is 2. The number of rotatable bonds is 11. The standard InChI is InChI=1S/C28H38N4O4/c1-21(29-3)26(33)30-22(2)27(34)32-17-10-15-25(32)19-31(18-16-23-11-6-4-7-12-23)28(35)36-20-24-13-8-5-9-14-24/h4-9,11-14,21-22,25,29H,10,15-20H2,1-3H3,(H,30,33)/t21-,22?,25-/m0/s1. The van der Waals surface area contributed by atoms with Crippen molar-refractivity contribution in [1.82, 2.24) is 20.4 Å². The average molecular weight is 495 g/mol. The van der Waals surface area contributed by atoms with E-state index in [4.69, 9.17) is 4.74 Å². The van der Waals surface area contributed by atoms with E-state index in [1.54, 1.807) is 30.7 Å². The zero-order chi connectivity index (χ0) is 25.9. The number of hydrogen-bond acceptors (Lipinski definition) is 5. The van der Waals surface area contributed by atoms with Crippen LogP contribution in [-0.4, -0.2) is 72.5 Å². The maximum Gasteiger partial charge on any atom is 0.410 e. The first-order valence-electron chi connectivity index (χ1n) is 12.7. The van der Waals surface area contributed by atoms with E-state index in [0.717, 1.165) is 24.0 Å². The van der Waals surface area contributed by atoms with Crippen LogP contribution < -0.4 is 10.6 Å². The van der Waals surface area contributed by atoms with Gasteiger partial charge in [0.05, 0.1) is 6.04 Å². The Morgan fingerprint density at radius 3 is 2.28 bits per heavy atom. The maximum atomic E-state index is 13.2. The van der Waals surface area contributed by atoms with Gasteiger partial charge < -0.3 is 25.2 Å². The van der Waals surface area contributed by atoms with Crippen molar-refractivity contribution in [3.05, 3.63) is 71.8 Å². The monoisotopic (exact) mass is 494 g/mol. The van der Waals surface area contributed by atoms with E-state index in [-0.39, 0.29) is 30.5 Å². The lowest BCUT2D eigenvalue weighted by molar-refractivity contribution is -0.137. The first-order valence-corrected chi connectivity index (χ1v) is 12.7. The number of carbonyl (C=O) groups excluding carboxylic acids is 3. The molecule has 1 unspecified atom stereocenters. The third kappa shape index (κ3) is 7.81. The van der Waals surface area contributed by atoms with Crippen LogP contribution in [-0.2, 0) is 27.4 Å². The molecule has 0 radical (unpaired) electrons. The van der Waals surface area contributed by atoms with Crippen molar-refractivity contribution in [3.8, 4) is 0 Å². The predicted octanol–water partition coefficient (Wildman–Crippen LogP) is 2.97. The van der Waals surface area contributed by atoms with Crippen LogP contribution in [0.2, 0.25) is 0 Å². The summed E-state index contributed by atoms with van der Waals surface area (Å²) in [6.07, 6.45) is 1.96. The van der Waals surface area contributed by atoms with Crippen LogP contribution >= 0.6 is 0 Å². The number of hydrogen-bond donors (Lipinski definition) is 2. The van der Waals surface area contributed by atoms with Gasteiger partial charge in [-0.3, -0.25) is 9.59 Å². The molecule has 1 aliphatic rings. The van der Waals surface area contributed by atoms with Crippen LogP contribution in [0.15, 0.2) is 60.7 Å². The van der Waals surface area contributed by atoms with Gasteiger partial charge in [0, 0.05) is 25.7 Å². The number of carbonyl (C=O) groups is 3. The molecule has 0 saturated carbocycles. The second-order valence-corrected chi connectivity index (χ2v) is 9.29. The van der Waals surface area contributed by atoms with Crippen LogP contribution in [0.1, 0.15) is 37.8 Å². The Kier molecular flexibility index (Phi) is 10.3. The predicted molar refractivity (Wildman–Crippen MR) is 139 cm³/mol. The molecule has 0 aromatic heterocycles. The number of nitrogens with one attached hydrogen (secondary N) is 2. The van der Waals surface area contributed by atoms with Crippen molar-refractivity contribution in [2.24, 2.45) is 0 Å². The minimum atomic E-state index is -0.642. The molecule has 1 saturated heterocycles. The lowest BCUT2D eigenvalue weighted by Crippen LogP contribution is -2.54. The Labute approximate surface area is 214 Å². The fourth-order valence-corrected chi connectivity index (χ4v) is 4.33. The van der Waals surface area contributed by atoms with Crippen LogP contribution in [0.5, 0.6) is 0 Å². The molecule has 2 aromatic rings. The molecule has 1 heterocycles. The highest BCUT2D eigenvalue weighted by atomic mass is 16.6. The number of ether oxygens (including phenoxy) is 1. The Morgan fingerprint density at radius 2 is 1.64 bits per heavy atom. The van der Waals surface area contributed by atoms with Crippen molar-refractivity contribution in [1.29, 1.82) is 0 Å². The summed E-state index contributed by atoms with van der Waals surface area (Å²) in [6, 6.07) is 18.4. The molecule has 2 aromatic carbocycles. The lowest BCUT2D eigenvalue weighted by Gasteiger charge is -2.32. The van der Waals surface area contributed by atoms with Crippen LogP contribution in [0.25, 0.3) is 0 Å².